The number of fused-ring (bicyclic) bond motifs is 1. The van der Waals surface area contributed by atoms with Gasteiger partial charge in [0.1, 0.15) is 0 Å². The highest BCUT2D eigenvalue weighted by Gasteiger charge is 2.30. The Hall–Kier alpha value is -4.23. The van der Waals surface area contributed by atoms with E-state index in [-0.39, 0.29) is 11.6 Å². The molecule has 2 N–H and O–H groups in total. The Morgan fingerprint density at radius 1 is 1.00 bits per heavy atom. The lowest BCUT2D eigenvalue weighted by molar-refractivity contribution is -0.384. The predicted octanol–water partition coefficient (Wildman–Crippen LogP) is 4.90. The molecule has 2 aliphatic rings. The molecule has 0 atom stereocenters. The van der Waals surface area contributed by atoms with Gasteiger partial charge < -0.3 is 10.6 Å². The number of non-ortho nitro benzene ring substituents is 1. The van der Waals surface area contributed by atoms with Gasteiger partial charge in [-0.05, 0) is 29.3 Å². The molecule has 5 rings (SSSR count). The molecule has 0 bridgehead atoms. The van der Waals surface area contributed by atoms with Gasteiger partial charge in [-0.2, -0.15) is 0 Å². The first-order valence-corrected chi connectivity index (χ1v) is 10.7. The first-order valence-electron chi connectivity index (χ1n) is 10.7. The fraction of sp³-hybridized carbons (Fsp3) is 0.115. The zero-order valence-electron chi connectivity index (χ0n) is 17.8. The summed E-state index contributed by atoms with van der Waals surface area (Å²) in [5, 5.41) is 17.6. The van der Waals surface area contributed by atoms with E-state index < -0.39 is 4.92 Å². The van der Waals surface area contributed by atoms with Crippen molar-refractivity contribution in [2.24, 2.45) is 0 Å². The molecule has 3 aromatic rings. The lowest BCUT2D eigenvalue weighted by atomic mass is 9.99. The highest BCUT2D eigenvalue weighted by Crippen LogP contribution is 2.39. The molecule has 0 saturated carbocycles. The Bertz CT molecular complexity index is 1270. The van der Waals surface area contributed by atoms with Gasteiger partial charge in [0.25, 0.3) is 11.6 Å². The van der Waals surface area contributed by atoms with Crippen LogP contribution < -0.4 is 10.6 Å². The number of nitro groups is 1. The van der Waals surface area contributed by atoms with E-state index in [4.69, 9.17) is 0 Å². The molecule has 2 heterocycles. The Morgan fingerprint density at radius 3 is 2.42 bits per heavy atom. The third kappa shape index (κ3) is 4.26. The molecule has 0 fully saturated rings. The fourth-order valence-electron chi connectivity index (χ4n) is 4.15. The number of carbonyl (C=O) groups is 1. The zero-order chi connectivity index (χ0) is 22.8. The van der Waals surface area contributed by atoms with Crippen molar-refractivity contribution in [3.05, 3.63) is 112 Å². The molecule has 164 valence electrons. The summed E-state index contributed by atoms with van der Waals surface area (Å²) in [6.45, 7) is 2.80. The summed E-state index contributed by atoms with van der Waals surface area (Å²) in [6, 6.07) is 22.0. The molecule has 1 amide bonds. The average Bonchev–Trinajstić information content (AvgIpc) is 3.45. The van der Waals surface area contributed by atoms with Crippen LogP contribution in [-0.4, -0.2) is 28.8 Å². The van der Waals surface area contributed by atoms with E-state index in [1.54, 1.807) is 6.07 Å². The van der Waals surface area contributed by atoms with E-state index in [0.717, 1.165) is 30.9 Å². The molecule has 0 saturated heterocycles. The van der Waals surface area contributed by atoms with Gasteiger partial charge in [0.05, 0.1) is 16.2 Å². The molecule has 0 aliphatic carbocycles. The van der Waals surface area contributed by atoms with Gasteiger partial charge in [-0.3, -0.25) is 19.8 Å². The van der Waals surface area contributed by atoms with Crippen LogP contribution in [0.15, 0.2) is 84.9 Å². The van der Waals surface area contributed by atoms with Gasteiger partial charge in [0.2, 0.25) is 0 Å². The minimum absolute atomic E-state index is 0.0593. The quantitative estimate of drug-likeness (QED) is 0.247. The van der Waals surface area contributed by atoms with Crippen LogP contribution in [0.2, 0.25) is 0 Å². The first kappa shape index (κ1) is 20.7. The molecule has 0 aromatic heterocycles. The second-order valence-electron chi connectivity index (χ2n) is 8.04. The summed E-state index contributed by atoms with van der Waals surface area (Å²) in [5.74, 6) is -0.296. The summed E-state index contributed by atoms with van der Waals surface area (Å²) in [4.78, 5) is 26.2. The average molecular weight is 438 g/mol. The maximum atomic E-state index is 13.0. The SMILES string of the molecule is O=C1Nc2ccc([N+](=O)[O-])cc2C1=C(Nc1ccc(CN2CC=CC2)cc1)c1ccccc1. The van der Waals surface area contributed by atoms with Crippen molar-refractivity contribution in [3.8, 4) is 0 Å². The van der Waals surface area contributed by atoms with Crippen molar-refractivity contribution in [1.29, 1.82) is 0 Å². The third-order valence-electron chi connectivity index (χ3n) is 5.79. The summed E-state index contributed by atoms with van der Waals surface area (Å²) >= 11 is 0. The molecule has 7 nitrogen and oxygen atoms in total. The summed E-state index contributed by atoms with van der Waals surface area (Å²) < 4.78 is 0. The standard InChI is InChI=1S/C26H22N4O3/c31-26-24(22-16-21(30(32)33)12-13-23(22)28-26)25(19-6-2-1-3-7-19)27-20-10-8-18(9-11-20)17-29-14-4-5-15-29/h1-13,16,27H,14-15,17H2,(H,28,31). The summed E-state index contributed by atoms with van der Waals surface area (Å²) in [6.07, 6.45) is 4.34. The molecule has 3 aromatic carbocycles. The second kappa shape index (κ2) is 8.72. The van der Waals surface area contributed by atoms with Crippen LogP contribution in [0.25, 0.3) is 11.3 Å². The largest absolute Gasteiger partial charge is 0.354 e. The number of amides is 1. The van der Waals surface area contributed by atoms with Crippen molar-refractivity contribution in [2.45, 2.75) is 6.54 Å². The van der Waals surface area contributed by atoms with E-state index in [1.165, 1.54) is 17.7 Å². The molecular weight excluding hydrogens is 416 g/mol. The van der Waals surface area contributed by atoms with Crippen LogP contribution in [-0.2, 0) is 11.3 Å². The summed E-state index contributed by atoms with van der Waals surface area (Å²) in [7, 11) is 0. The van der Waals surface area contributed by atoms with Crippen molar-refractivity contribution in [1.82, 2.24) is 4.90 Å². The molecular formula is C26H22N4O3. The lowest BCUT2D eigenvalue weighted by Gasteiger charge is -2.17. The van der Waals surface area contributed by atoms with E-state index >= 15 is 0 Å². The molecule has 0 unspecified atom stereocenters. The Balaban J connectivity index is 1.53. The van der Waals surface area contributed by atoms with Gasteiger partial charge in [0.15, 0.2) is 0 Å². The number of rotatable bonds is 6. The zero-order valence-corrected chi connectivity index (χ0v) is 17.8. The van der Waals surface area contributed by atoms with Gasteiger partial charge >= 0.3 is 0 Å². The smallest absolute Gasteiger partial charge is 0.270 e. The minimum atomic E-state index is -0.453. The summed E-state index contributed by atoms with van der Waals surface area (Å²) in [5.41, 5.74) is 4.85. The number of hydrogen-bond acceptors (Lipinski definition) is 5. The monoisotopic (exact) mass is 438 g/mol. The van der Waals surface area contributed by atoms with Crippen LogP contribution in [0.5, 0.6) is 0 Å². The van der Waals surface area contributed by atoms with Crippen molar-refractivity contribution < 1.29 is 9.72 Å². The highest BCUT2D eigenvalue weighted by molar-refractivity contribution is 6.37. The van der Waals surface area contributed by atoms with Crippen LogP contribution in [0.1, 0.15) is 16.7 Å². The number of nitrogens with zero attached hydrogens (tertiary/aromatic N) is 2. The Kier molecular flexibility index (Phi) is 5.46. The maximum Gasteiger partial charge on any atom is 0.270 e. The minimum Gasteiger partial charge on any atom is -0.354 e. The molecule has 7 heteroatoms. The predicted molar refractivity (Wildman–Crippen MR) is 129 cm³/mol. The van der Waals surface area contributed by atoms with Crippen molar-refractivity contribution >= 4 is 34.2 Å². The number of anilines is 2. The van der Waals surface area contributed by atoms with Crippen molar-refractivity contribution in [2.75, 3.05) is 23.7 Å². The van der Waals surface area contributed by atoms with Gasteiger partial charge in [0, 0.05) is 48.7 Å². The van der Waals surface area contributed by atoms with Crippen LogP contribution in [0.4, 0.5) is 17.1 Å². The molecule has 33 heavy (non-hydrogen) atoms. The lowest BCUT2D eigenvalue weighted by Crippen LogP contribution is -2.19. The normalized spacial score (nSPS) is 16.4. The highest BCUT2D eigenvalue weighted by atomic mass is 16.6. The van der Waals surface area contributed by atoms with E-state index in [0.29, 0.717) is 22.5 Å². The topological polar surface area (TPSA) is 87.5 Å². The van der Waals surface area contributed by atoms with Crippen LogP contribution >= 0.6 is 0 Å². The fourth-order valence-corrected chi connectivity index (χ4v) is 4.15. The van der Waals surface area contributed by atoms with Gasteiger partial charge in [-0.15, -0.1) is 0 Å². The van der Waals surface area contributed by atoms with Crippen molar-refractivity contribution in [3.63, 3.8) is 0 Å². The Labute approximate surface area is 191 Å². The molecule has 0 spiro atoms. The number of nitrogens with one attached hydrogen (secondary N) is 2. The van der Waals surface area contributed by atoms with Gasteiger partial charge in [-0.25, -0.2) is 0 Å². The van der Waals surface area contributed by atoms with Crippen LogP contribution in [0.3, 0.4) is 0 Å². The second-order valence-corrected chi connectivity index (χ2v) is 8.04. The molecule has 2 aliphatic heterocycles. The number of carbonyl (C=O) groups excluding carboxylic acids is 1. The Morgan fingerprint density at radius 2 is 1.73 bits per heavy atom. The number of hydrogen-bond donors (Lipinski definition) is 2. The number of nitro benzene ring substituents is 1. The molecule has 0 radical (unpaired) electrons. The third-order valence-corrected chi connectivity index (χ3v) is 5.79. The first-order chi connectivity index (χ1) is 16.1. The number of benzene rings is 3. The van der Waals surface area contributed by atoms with E-state index in [9.17, 15) is 14.9 Å². The van der Waals surface area contributed by atoms with E-state index in [2.05, 4.69) is 39.8 Å². The van der Waals surface area contributed by atoms with E-state index in [1.807, 2.05) is 42.5 Å². The maximum absolute atomic E-state index is 13.0. The van der Waals surface area contributed by atoms with Crippen LogP contribution in [0, 0.1) is 10.1 Å². The van der Waals surface area contributed by atoms with Gasteiger partial charge in [-0.1, -0.05) is 54.6 Å².